The molecule has 4 rings (SSSR count). The van der Waals surface area contributed by atoms with Crippen LogP contribution in [0.25, 0.3) is 16.9 Å². The lowest BCUT2D eigenvalue weighted by Crippen LogP contribution is -2.31. The fourth-order valence-electron chi connectivity index (χ4n) is 3.08. The molecule has 4 heterocycles. The minimum Gasteiger partial charge on any atom is -0.388 e. The first kappa shape index (κ1) is 13.6. The van der Waals surface area contributed by atoms with E-state index < -0.39 is 24.5 Å². The summed E-state index contributed by atoms with van der Waals surface area (Å²) in [6, 6.07) is 0. The molecule has 0 spiro atoms. The van der Waals surface area contributed by atoms with Gasteiger partial charge in [0.2, 0.25) is 5.78 Å². The van der Waals surface area contributed by atoms with Gasteiger partial charge in [-0.2, -0.15) is 0 Å². The molecular formula is C14H17N5O3. The van der Waals surface area contributed by atoms with E-state index in [0.29, 0.717) is 12.2 Å². The molecule has 0 radical (unpaired) electrons. The van der Waals surface area contributed by atoms with Crippen LogP contribution in [0, 0.1) is 6.92 Å². The van der Waals surface area contributed by atoms with Crippen LogP contribution in [0.4, 0.5) is 0 Å². The van der Waals surface area contributed by atoms with Crippen LogP contribution in [0.5, 0.6) is 0 Å². The van der Waals surface area contributed by atoms with Gasteiger partial charge in [0.25, 0.3) is 0 Å². The quantitative estimate of drug-likeness (QED) is 0.712. The van der Waals surface area contributed by atoms with Crippen molar-refractivity contribution in [1.29, 1.82) is 0 Å². The van der Waals surface area contributed by atoms with Crippen LogP contribution >= 0.6 is 0 Å². The van der Waals surface area contributed by atoms with Gasteiger partial charge in [0.05, 0.1) is 18.1 Å². The molecule has 2 N–H and O–H groups in total. The third-order valence-electron chi connectivity index (χ3n) is 4.24. The second kappa shape index (κ2) is 4.73. The predicted molar refractivity (Wildman–Crippen MR) is 77.2 cm³/mol. The van der Waals surface area contributed by atoms with E-state index in [2.05, 4.69) is 15.0 Å². The maximum atomic E-state index is 10.3. The lowest BCUT2D eigenvalue weighted by Gasteiger charge is -2.17. The van der Waals surface area contributed by atoms with E-state index in [9.17, 15) is 10.2 Å². The smallest absolute Gasteiger partial charge is 0.235 e. The van der Waals surface area contributed by atoms with Crippen molar-refractivity contribution in [3.05, 3.63) is 24.4 Å². The number of nitrogens with zero attached hydrogens (tertiary/aromatic N) is 5. The molecule has 8 nitrogen and oxygen atoms in total. The van der Waals surface area contributed by atoms with Crippen LogP contribution in [-0.2, 0) is 4.74 Å². The highest BCUT2D eigenvalue weighted by Crippen LogP contribution is 2.33. The number of hydrogen-bond acceptors (Lipinski definition) is 6. The number of hydrogen-bond donors (Lipinski definition) is 2. The van der Waals surface area contributed by atoms with Crippen LogP contribution < -0.4 is 0 Å². The van der Waals surface area contributed by atoms with E-state index in [0.717, 1.165) is 16.9 Å². The van der Waals surface area contributed by atoms with Crippen LogP contribution in [0.3, 0.4) is 0 Å². The van der Waals surface area contributed by atoms with Crippen molar-refractivity contribution >= 4 is 16.9 Å². The number of aromatic nitrogens is 5. The molecule has 0 amide bonds. The third-order valence-corrected chi connectivity index (χ3v) is 4.24. The van der Waals surface area contributed by atoms with Crippen molar-refractivity contribution in [3.63, 3.8) is 0 Å². The maximum Gasteiger partial charge on any atom is 0.235 e. The zero-order valence-corrected chi connectivity index (χ0v) is 12.3. The summed E-state index contributed by atoms with van der Waals surface area (Å²) in [7, 11) is 0. The standard InChI is InChI=1S/C14H17N5O3/c1-3-8-10(20)11(21)13(22-8)19-6-16-9-7(2)17-14-15-4-5-18(14)12(9)19/h4-6,8,10-11,13,20-21H,3H2,1-2H3. The Balaban J connectivity index is 1.93. The highest BCUT2D eigenvalue weighted by molar-refractivity contribution is 5.76. The highest BCUT2D eigenvalue weighted by atomic mass is 16.6. The Morgan fingerprint density at radius 1 is 1.27 bits per heavy atom. The molecule has 3 aromatic heterocycles. The average Bonchev–Trinajstić information content (AvgIpc) is 3.18. The Hall–Kier alpha value is -2.03. The van der Waals surface area contributed by atoms with Crippen molar-refractivity contribution in [2.45, 2.75) is 44.8 Å². The summed E-state index contributed by atoms with van der Waals surface area (Å²) in [6.07, 6.45) is 2.70. The van der Waals surface area contributed by atoms with Crippen LogP contribution in [0.1, 0.15) is 25.3 Å². The summed E-state index contributed by atoms with van der Waals surface area (Å²) in [4.78, 5) is 13.0. The highest BCUT2D eigenvalue weighted by Gasteiger charge is 2.43. The molecule has 4 unspecified atom stereocenters. The fourth-order valence-corrected chi connectivity index (χ4v) is 3.08. The zero-order chi connectivity index (χ0) is 15.4. The topological polar surface area (TPSA) is 97.7 Å². The molecule has 22 heavy (non-hydrogen) atoms. The number of aliphatic hydroxyl groups is 2. The molecule has 1 aliphatic rings. The SMILES string of the molecule is CCC1OC(n2cnc3c(C)nc4nccn4c32)C(O)C1O. The number of imidazole rings is 2. The predicted octanol–water partition coefficient (Wildman–Crippen LogP) is 0.417. The van der Waals surface area contributed by atoms with Gasteiger partial charge >= 0.3 is 0 Å². The van der Waals surface area contributed by atoms with Gasteiger partial charge in [0.15, 0.2) is 11.9 Å². The van der Waals surface area contributed by atoms with Crippen molar-refractivity contribution in [1.82, 2.24) is 23.9 Å². The second-order valence-corrected chi connectivity index (χ2v) is 5.57. The summed E-state index contributed by atoms with van der Waals surface area (Å²) in [6.45, 7) is 3.78. The molecule has 1 fully saturated rings. The molecule has 4 atom stereocenters. The van der Waals surface area contributed by atoms with E-state index in [1.807, 2.05) is 13.8 Å². The van der Waals surface area contributed by atoms with Gasteiger partial charge in [-0.1, -0.05) is 6.92 Å². The summed E-state index contributed by atoms with van der Waals surface area (Å²) in [5.41, 5.74) is 2.22. The van der Waals surface area contributed by atoms with Gasteiger partial charge in [0.1, 0.15) is 17.7 Å². The van der Waals surface area contributed by atoms with E-state index in [4.69, 9.17) is 4.74 Å². The monoisotopic (exact) mass is 303 g/mol. The average molecular weight is 303 g/mol. The number of aryl methyl sites for hydroxylation is 1. The number of fused-ring (bicyclic) bond motifs is 3. The summed E-state index contributed by atoms with van der Waals surface area (Å²) >= 11 is 0. The van der Waals surface area contributed by atoms with Crippen molar-refractivity contribution < 1.29 is 14.9 Å². The minimum absolute atomic E-state index is 0.390. The lowest BCUT2D eigenvalue weighted by molar-refractivity contribution is -0.0356. The van der Waals surface area contributed by atoms with Crippen LogP contribution in [0.2, 0.25) is 0 Å². The Morgan fingerprint density at radius 3 is 2.82 bits per heavy atom. The second-order valence-electron chi connectivity index (χ2n) is 5.57. The first-order valence-corrected chi connectivity index (χ1v) is 7.29. The van der Waals surface area contributed by atoms with Gasteiger partial charge in [0, 0.05) is 12.4 Å². The van der Waals surface area contributed by atoms with Crippen molar-refractivity contribution in [2.24, 2.45) is 0 Å². The maximum absolute atomic E-state index is 10.3. The van der Waals surface area contributed by atoms with Gasteiger partial charge in [-0.25, -0.2) is 15.0 Å². The van der Waals surface area contributed by atoms with Crippen LogP contribution in [0.15, 0.2) is 18.7 Å². The zero-order valence-electron chi connectivity index (χ0n) is 12.3. The first-order valence-electron chi connectivity index (χ1n) is 7.29. The Morgan fingerprint density at radius 2 is 2.09 bits per heavy atom. The largest absolute Gasteiger partial charge is 0.388 e. The van der Waals surface area contributed by atoms with Crippen molar-refractivity contribution in [2.75, 3.05) is 0 Å². The molecule has 8 heteroatoms. The van der Waals surface area contributed by atoms with E-state index in [-0.39, 0.29) is 0 Å². The lowest BCUT2D eigenvalue weighted by atomic mass is 10.1. The molecule has 0 bridgehead atoms. The molecular weight excluding hydrogens is 286 g/mol. The number of rotatable bonds is 2. The summed E-state index contributed by atoms with van der Waals surface area (Å²) in [5, 5.41) is 20.4. The number of ether oxygens (including phenoxy) is 1. The molecule has 0 aliphatic carbocycles. The summed E-state index contributed by atoms with van der Waals surface area (Å²) < 4.78 is 9.36. The van der Waals surface area contributed by atoms with Gasteiger partial charge in [-0.05, 0) is 13.3 Å². The van der Waals surface area contributed by atoms with Gasteiger partial charge in [-0.15, -0.1) is 0 Å². The Labute approximate surface area is 126 Å². The summed E-state index contributed by atoms with van der Waals surface area (Å²) in [5.74, 6) is 0.562. The van der Waals surface area contributed by atoms with Crippen LogP contribution in [-0.4, -0.2) is 52.4 Å². The van der Waals surface area contributed by atoms with Crippen molar-refractivity contribution in [3.8, 4) is 0 Å². The molecule has 1 aliphatic heterocycles. The Kier molecular flexibility index (Phi) is 2.93. The third kappa shape index (κ3) is 1.71. The molecule has 0 aromatic carbocycles. The molecule has 116 valence electrons. The van der Waals surface area contributed by atoms with E-state index in [1.54, 1.807) is 27.7 Å². The minimum atomic E-state index is -1.01. The molecule has 1 saturated heterocycles. The molecule has 3 aromatic rings. The number of aliphatic hydroxyl groups excluding tert-OH is 2. The van der Waals surface area contributed by atoms with Gasteiger partial charge < -0.3 is 14.9 Å². The van der Waals surface area contributed by atoms with E-state index in [1.165, 1.54) is 0 Å². The van der Waals surface area contributed by atoms with E-state index >= 15 is 0 Å². The fraction of sp³-hybridized carbons (Fsp3) is 0.500. The Bertz CT molecular complexity index is 842. The first-order chi connectivity index (χ1) is 10.6. The normalized spacial score (nSPS) is 28.9. The van der Waals surface area contributed by atoms with Gasteiger partial charge in [-0.3, -0.25) is 8.97 Å². The molecule has 0 saturated carbocycles.